The van der Waals surface area contributed by atoms with Gasteiger partial charge in [0.25, 0.3) is 0 Å². The number of likely N-dealkylation sites (N-methyl/N-ethyl adjacent to an activating group) is 1. The lowest BCUT2D eigenvalue weighted by molar-refractivity contribution is -0.138. The van der Waals surface area contributed by atoms with Gasteiger partial charge in [0.1, 0.15) is 5.84 Å². The first-order chi connectivity index (χ1) is 11.9. The van der Waals surface area contributed by atoms with Crippen molar-refractivity contribution in [3.63, 3.8) is 0 Å². The third kappa shape index (κ3) is 4.48. The Balaban J connectivity index is 2.36. The predicted molar refractivity (Wildman–Crippen MR) is 107 cm³/mol. The smallest absolute Gasteiger partial charge is 0.317 e. The molecule has 2 aliphatic heterocycles. The summed E-state index contributed by atoms with van der Waals surface area (Å²) < 4.78 is 0. The van der Waals surface area contributed by atoms with Gasteiger partial charge in [0.2, 0.25) is 0 Å². The summed E-state index contributed by atoms with van der Waals surface area (Å²) in [6.45, 7) is 17.7. The van der Waals surface area contributed by atoms with E-state index >= 15 is 0 Å². The van der Waals surface area contributed by atoms with Gasteiger partial charge in [-0.3, -0.25) is 14.7 Å². The van der Waals surface area contributed by atoms with E-state index in [1.807, 2.05) is 11.9 Å². The number of hydrogen-bond donors (Lipinski definition) is 1. The van der Waals surface area contributed by atoms with Gasteiger partial charge in [-0.05, 0) is 36.3 Å². The van der Waals surface area contributed by atoms with Crippen LogP contribution in [0.5, 0.6) is 0 Å². The standard InChI is InChI=1S/C21H37N3O2/c1-13(2)18-16-9-15(10-23(8)12-17(25)26)11-24(16)20(14(3)4)22-19(18)21(5,6)7/h13-15,19H,9-12H2,1-8H3,(H,25,26). The molecule has 5 nitrogen and oxygen atoms in total. The number of hydrogen-bond acceptors (Lipinski definition) is 4. The molecule has 0 bridgehead atoms. The maximum Gasteiger partial charge on any atom is 0.317 e. The van der Waals surface area contributed by atoms with Crippen molar-refractivity contribution < 1.29 is 9.90 Å². The second-order valence-corrected chi connectivity index (χ2v) is 9.74. The molecule has 0 radical (unpaired) electrons. The molecule has 0 amide bonds. The summed E-state index contributed by atoms with van der Waals surface area (Å²) in [6, 6.07) is 0.224. The Morgan fingerprint density at radius 1 is 1.27 bits per heavy atom. The van der Waals surface area contributed by atoms with Crippen LogP contribution in [0.4, 0.5) is 0 Å². The fourth-order valence-electron chi connectivity index (χ4n) is 4.38. The summed E-state index contributed by atoms with van der Waals surface area (Å²) in [5, 5.41) is 9.04. The van der Waals surface area contributed by atoms with Crippen LogP contribution >= 0.6 is 0 Å². The summed E-state index contributed by atoms with van der Waals surface area (Å²) in [5.41, 5.74) is 3.02. The fraction of sp³-hybridized carbons (Fsp3) is 0.810. The van der Waals surface area contributed by atoms with Crippen molar-refractivity contribution in [1.29, 1.82) is 0 Å². The minimum absolute atomic E-state index is 0.0943. The third-order valence-electron chi connectivity index (χ3n) is 5.35. The van der Waals surface area contributed by atoms with Gasteiger partial charge in [-0.1, -0.05) is 48.5 Å². The van der Waals surface area contributed by atoms with Gasteiger partial charge in [-0.15, -0.1) is 0 Å². The van der Waals surface area contributed by atoms with Crippen LogP contribution in [0.2, 0.25) is 0 Å². The second kappa shape index (κ2) is 7.71. The summed E-state index contributed by atoms with van der Waals surface area (Å²) >= 11 is 0. The van der Waals surface area contributed by atoms with E-state index in [9.17, 15) is 4.79 Å². The van der Waals surface area contributed by atoms with Crippen LogP contribution in [0.3, 0.4) is 0 Å². The van der Waals surface area contributed by atoms with Crippen LogP contribution in [0.25, 0.3) is 0 Å². The van der Waals surface area contributed by atoms with Gasteiger partial charge in [0.05, 0.1) is 12.6 Å². The van der Waals surface area contributed by atoms with Crippen LogP contribution in [0.15, 0.2) is 16.3 Å². The lowest BCUT2D eigenvalue weighted by atomic mass is 9.76. The number of nitrogens with zero attached hydrogens (tertiary/aromatic N) is 3. The average Bonchev–Trinajstić information content (AvgIpc) is 2.85. The Kier molecular flexibility index (Phi) is 6.21. The highest BCUT2D eigenvalue weighted by molar-refractivity contribution is 5.87. The first-order valence-electron chi connectivity index (χ1n) is 9.90. The van der Waals surface area contributed by atoms with Crippen molar-refractivity contribution >= 4 is 11.8 Å². The van der Waals surface area contributed by atoms with Crippen LogP contribution in [0.1, 0.15) is 54.9 Å². The number of allylic oxidation sites excluding steroid dienone is 1. The lowest BCUT2D eigenvalue weighted by Gasteiger charge is -2.41. The SMILES string of the molecule is CC(C)C1=NC(C(C)(C)C)C(C(C)C)=C2CC(CN(C)CC(=O)O)CN12. The molecule has 2 unspecified atom stereocenters. The van der Waals surface area contributed by atoms with Gasteiger partial charge < -0.3 is 10.0 Å². The fourth-order valence-corrected chi connectivity index (χ4v) is 4.38. The van der Waals surface area contributed by atoms with E-state index in [2.05, 4.69) is 53.4 Å². The first-order valence-corrected chi connectivity index (χ1v) is 9.90. The van der Waals surface area contributed by atoms with Gasteiger partial charge >= 0.3 is 5.97 Å². The monoisotopic (exact) mass is 363 g/mol. The molecule has 0 aromatic carbocycles. The van der Waals surface area contributed by atoms with Gasteiger partial charge in [-0.2, -0.15) is 0 Å². The number of carbonyl (C=O) groups is 1. The molecule has 0 aliphatic carbocycles. The zero-order valence-electron chi connectivity index (χ0n) is 17.8. The minimum atomic E-state index is -0.762. The van der Waals surface area contributed by atoms with E-state index in [0.29, 0.717) is 17.8 Å². The van der Waals surface area contributed by atoms with Crippen LogP contribution in [-0.2, 0) is 4.79 Å². The molecule has 2 atom stereocenters. The molecular weight excluding hydrogens is 326 g/mol. The topological polar surface area (TPSA) is 56.1 Å². The second-order valence-electron chi connectivity index (χ2n) is 9.74. The highest BCUT2D eigenvalue weighted by Crippen LogP contribution is 2.43. The number of aliphatic carboxylic acids is 1. The number of fused-ring (bicyclic) bond motifs is 1. The number of carboxylic acid groups (broad SMARTS) is 1. The molecule has 1 N–H and O–H groups in total. The molecule has 0 spiro atoms. The largest absolute Gasteiger partial charge is 0.480 e. The van der Waals surface area contributed by atoms with E-state index < -0.39 is 5.97 Å². The molecule has 26 heavy (non-hydrogen) atoms. The van der Waals surface area contributed by atoms with Gasteiger partial charge in [-0.25, -0.2) is 0 Å². The molecule has 0 aromatic heterocycles. The van der Waals surface area contributed by atoms with Crippen LogP contribution in [-0.4, -0.2) is 59.4 Å². The highest BCUT2D eigenvalue weighted by Gasteiger charge is 2.42. The number of rotatable bonds is 6. The molecule has 0 aromatic rings. The van der Waals surface area contributed by atoms with E-state index in [1.165, 1.54) is 17.1 Å². The minimum Gasteiger partial charge on any atom is -0.480 e. The molecule has 1 saturated heterocycles. The molecule has 1 fully saturated rings. The van der Waals surface area contributed by atoms with Crippen molar-refractivity contribution in [3.8, 4) is 0 Å². The molecule has 2 rings (SSSR count). The van der Waals surface area contributed by atoms with Crippen molar-refractivity contribution in [2.24, 2.45) is 28.2 Å². The Morgan fingerprint density at radius 2 is 1.88 bits per heavy atom. The maximum atomic E-state index is 11.0. The Morgan fingerprint density at radius 3 is 2.35 bits per heavy atom. The number of carboxylic acids is 1. The number of amidine groups is 1. The molecule has 5 heteroatoms. The van der Waals surface area contributed by atoms with Gasteiger partial charge in [0.15, 0.2) is 0 Å². The van der Waals surface area contributed by atoms with Crippen molar-refractivity contribution in [3.05, 3.63) is 11.3 Å². The van der Waals surface area contributed by atoms with Crippen molar-refractivity contribution in [1.82, 2.24) is 9.80 Å². The van der Waals surface area contributed by atoms with Gasteiger partial charge in [0, 0.05) is 24.7 Å². The molecule has 0 saturated carbocycles. The Hall–Kier alpha value is -1.36. The Labute approximate surface area is 159 Å². The first kappa shape index (κ1) is 20.9. The summed E-state index contributed by atoms with van der Waals surface area (Å²) in [7, 11) is 1.90. The third-order valence-corrected chi connectivity index (χ3v) is 5.35. The van der Waals surface area contributed by atoms with Crippen molar-refractivity contribution in [2.75, 3.05) is 26.7 Å². The Bertz CT molecular complexity index is 599. The average molecular weight is 364 g/mol. The molecule has 2 heterocycles. The summed E-state index contributed by atoms with van der Waals surface area (Å²) in [6.07, 6.45) is 1.02. The highest BCUT2D eigenvalue weighted by atomic mass is 16.4. The van der Waals surface area contributed by atoms with Crippen LogP contribution in [0, 0.1) is 23.2 Å². The van der Waals surface area contributed by atoms with E-state index in [0.717, 1.165) is 19.5 Å². The lowest BCUT2D eigenvalue weighted by Crippen LogP contribution is -2.43. The normalized spacial score (nSPS) is 24.0. The summed E-state index contributed by atoms with van der Waals surface area (Å²) in [4.78, 5) is 20.6. The zero-order chi connectivity index (χ0) is 19.8. The maximum absolute atomic E-state index is 11.0. The van der Waals surface area contributed by atoms with Crippen LogP contribution < -0.4 is 0 Å². The molecule has 2 aliphatic rings. The van der Waals surface area contributed by atoms with E-state index in [1.54, 1.807) is 0 Å². The zero-order valence-corrected chi connectivity index (χ0v) is 17.8. The molecule has 148 valence electrons. The molecular formula is C21H37N3O2. The number of aliphatic imine (C=N–C) groups is 1. The van der Waals surface area contributed by atoms with E-state index in [-0.39, 0.29) is 18.0 Å². The van der Waals surface area contributed by atoms with Crippen molar-refractivity contribution in [2.45, 2.75) is 60.9 Å². The van der Waals surface area contributed by atoms with E-state index in [4.69, 9.17) is 10.1 Å². The predicted octanol–water partition coefficient (Wildman–Crippen LogP) is 3.72. The quantitative estimate of drug-likeness (QED) is 0.781. The summed E-state index contributed by atoms with van der Waals surface area (Å²) in [5.74, 6) is 1.74.